The van der Waals surface area contributed by atoms with Crippen LogP contribution in [0.3, 0.4) is 0 Å². The number of hydrogen-bond donors (Lipinski definition) is 2. The van der Waals surface area contributed by atoms with Crippen LogP contribution in [0.4, 0.5) is 0 Å². The zero-order chi connectivity index (χ0) is 13.9. The zero-order valence-electron chi connectivity index (χ0n) is 11.7. The monoisotopic (exact) mass is 272 g/mol. The predicted molar refractivity (Wildman–Crippen MR) is 77.2 cm³/mol. The van der Waals surface area contributed by atoms with Crippen molar-refractivity contribution in [2.45, 2.75) is 25.3 Å². The molecule has 5 heteroatoms. The van der Waals surface area contributed by atoms with Gasteiger partial charge in [-0.1, -0.05) is 12.1 Å². The summed E-state index contributed by atoms with van der Waals surface area (Å²) < 4.78 is 7.36. The van der Waals surface area contributed by atoms with E-state index < -0.39 is 0 Å². The molecule has 1 aromatic heterocycles. The molecule has 20 heavy (non-hydrogen) atoms. The maximum atomic E-state index is 5.72. The van der Waals surface area contributed by atoms with E-state index in [9.17, 15) is 0 Å². The summed E-state index contributed by atoms with van der Waals surface area (Å²) in [6.07, 6.45) is 6.84. The number of hydrazine groups is 1. The van der Waals surface area contributed by atoms with Crippen molar-refractivity contribution in [2.75, 3.05) is 6.61 Å². The molecule has 0 fully saturated rings. The number of fused-ring (bicyclic) bond motifs is 1. The Morgan fingerprint density at radius 2 is 2.40 bits per heavy atom. The Labute approximate surface area is 118 Å². The molecule has 2 aromatic rings. The van der Waals surface area contributed by atoms with Crippen molar-refractivity contribution in [3.63, 3.8) is 0 Å². The first-order valence-corrected chi connectivity index (χ1v) is 6.95. The van der Waals surface area contributed by atoms with Gasteiger partial charge in [0.15, 0.2) is 0 Å². The fraction of sp³-hybridized carbons (Fsp3) is 0.400. The lowest BCUT2D eigenvalue weighted by atomic mass is 9.98. The maximum Gasteiger partial charge on any atom is 0.122 e. The Balaban J connectivity index is 1.69. The summed E-state index contributed by atoms with van der Waals surface area (Å²) in [7, 11) is 1.93. The molecule has 0 saturated heterocycles. The van der Waals surface area contributed by atoms with Crippen LogP contribution in [-0.2, 0) is 19.9 Å². The van der Waals surface area contributed by atoms with Crippen LogP contribution in [0.15, 0.2) is 30.6 Å². The van der Waals surface area contributed by atoms with Gasteiger partial charge in [0, 0.05) is 25.7 Å². The quantitative estimate of drug-likeness (QED) is 0.639. The highest BCUT2D eigenvalue weighted by Crippen LogP contribution is 2.29. The highest BCUT2D eigenvalue weighted by molar-refractivity contribution is 5.40. The molecule has 1 aromatic carbocycles. The maximum absolute atomic E-state index is 5.72. The Kier molecular flexibility index (Phi) is 3.71. The van der Waals surface area contributed by atoms with Crippen molar-refractivity contribution in [1.29, 1.82) is 0 Å². The molecule has 1 aliphatic rings. The number of ether oxygens (including phenoxy) is 1. The number of nitrogens with one attached hydrogen (secondary N) is 1. The highest BCUT2D eigenvalue weighted by atomic mass is 16.5. The first-order chi connectivity index (χ1) is 9.76. The molecule has 0 radical (unpaired) electrons. The number of benzene rings is 1. The van der Waals surface area contributed by atoms with Crippen molar-refractivity contribution in [3.05, 3.63) is 47.3 Å². The van der Waals surface area contributed by atoms with E-state index in [1.807, 2.05) is 30.2 Å². The molecular weight excluding hydrogens is 252 g/mol. The fourth-order valence-electron chi connectivity index (χ4n) is 2.68. The number of hydrogen-bond acceptors (Lipinski definition) is 4. The van der Waals surface area contributed by atoms with Gasteiger partial charge >= 0.3 is 0 Å². The van der Waals surface area contributed by atoms with Gasteiger partial charge in [0.1, 0.15) is 5.75 Å². The number of aryl methyl sites for hydroxylation is 2. The summed E-state index contributed by atoms with van der Waals surface area (Å²) in [4.78, 5) is 0. The summed E-state index contributed by atoms with van der Waals surface area (Å²) >= 11 is 0. The highest BCUT2D eigenvalue weighted by Gasteiger charge is 2.16. The van der Waals surface area contributed by atoms with Crippen molar-refractivity contribution in [2.24, 2.45) is 12.9 Å². The lowest BCUT2D eigenvalue weighted by Crippen LogP contribution is -2.28. The standard InChI is InChI=1S/C15H20N4O/c1-19-10-11(9-17-19)2-4-14(18-16)12-3-5-15-13(8-12)6-7-20-15/h3,5,8-10,14,18H,2,4,6-7,16H2,1H3. The van der Waals surface area contributed by atoms with Crippen LogP contribution in [0.1, 0.15) is 29.2 Å². The van der Waals surface area contributed by atoms with E-state index in [1.165, 1.54) is 16.7 Å². The third-order valence-electron chi connectivity index (χ3n) is 3.80. The molecule has 106 valence electrons. The number of nitrogens with two attached hydrogens (primary N) is 1. The van der Waals surface area contributed by atoms with Crippen LogP contribution in [-0.4, -0.2) is 16.4 Å². The fourth-order valence-corrected chi connectivity index (χ4v) is 2.68. The molecule has 1 unspecified atom stereocenters. The minimum atomic E-state index is 0.154. The van der Waals surface area contributed by atoms with Crippen molar-refractivity contribution in [3.8, 4) is 5.75 Å². The average molecular weight is 272 g/mol. The van der Waals surface area contributed by atoms with Crippen molar-refractivity contribution >= 4 is 0 Å². The van der Waals surface area contributed by atoms with E-state index in [0.717, 1.165) is 31.6 Å². The van der Waals surface area contributed by atoms with Gasteiger partial charge in [-0.2, -0.15) is 5.10 Å². The molecule has 0 spiro atoms. The predicted octanol–water partition coefficient (Wildman–Crippen LogP) is 1.49. The minimum absolute atomic E-state index is 0.154. The third-order valence-corrected chi connectivity index (χ3v) is 3.80. The van der Waals surface area contributed by atoms with E-state index in [-0.39, 0.29) is 6.04 Å². The second-order valence-corrected chi connectivity index (χ2v) is 5.25. The van der Waals surface area contributed by atoms with Gasteiger partial charge in [0.05, 0.1) is 12.8 Å². The number of nitrogens with zero attached hydrogens (tertiary/aromatic N) is 2. The van der Waals surface area contributed by atoms with Crippen LogP contribution >= 0.6 is 0 Å². The van der Waals surface area contributed by atoms with Crippen molar-refractivity contribution in [1.82, 2.24) is 15.2 Å². The Hall–Kier alpha value is -1.85. The minimum Gasteiger partial charge on any atom is -0.493 e. The molecule has 0 saturated carbocycles. The van der Waals surface area contributed by atoms with Gasteiger partial charge in [0.2, 0.25) is 0 Å². The molecule has 2 heterocycles. The van der Waals surface area contributed by atoms with Gasteiger partial charge in [-0.05, 0) is 35.6 Å². The second-order valence-electron chi connectivity index (χ2n) is 5.25. The van der Waals surface area contributed by atoms with E-state index >= 15 is 0 Å². The molecule has 5 nitrogen and oxygen atoms in total. The van der Waals surface area contributed by atoms with Gasteiger partial charge in [-0.25, -0.2) is 0 Å². The number of aromatic nitrogens is 2. The molecule has 0 aliphatic carbocycles. The van der Waals surface area contributed by atoms with Crippen LogP contribution in [0, 0.1) is 0 Å². The van der Waals surface area contributed by atoms with Gasteiger partial charge in [-0.15, -0.1) is 0 Å². The van der Waals surface area contributed by atoms with Gasteiger partial charge in [-0.3, -0.25) is 16.0 Å². The number of rotatable bonds is 5. The Morgan fingerprint density at radius 3 is 3.15 bits per heavy atom. The molecule has 0 amide bonds. The first kappa shape index (κ1) is 13.1. The lowest BCUT2D eigenvalue weighted by Gasteiger charge is -2.16. The zero-order valence-corrected chi connectivity index (χ0v) is 11.7. The smallest absolute Gasteiger partial charge is 0.122 e. The van der Waals surface area contributed by atoms with E-state index in [4.69, 9.17) is 10.6 Å². The largest absolute Gasteiger partial charge is 0.493 e. The Bertz CT molecular complexity index is 593. The van der Waals surface area contributed by atoms with Crippen molar-refractivity contribution < 1.29 is 4.74 Å². The third kappa shape index (κ3) is 2.69. The topological polar surface area (TPSA) is 65.1 Å². The van der Waals surface area contributed by atoms with Crippen LogP contribution in [0.5, 0.6) is 5.75 Å². The second kappa shape index (κ2) is 5.64. The summed E-state index contributed by atoms with van der Waals surface area (Å²) in [6.45, 7) is 0.787. The lowest BCUT2D eigenvalue weighted by molar-refractivity contribution is 0.356. The summed E-state index contributed by atoms with van der Waals surface area (Å²) in [5.41, 5.74) is 6.66. The molecular formula is C15H20N4O. The normalized spacial score (nSPS) is 14.9. The van der Waals surface area contributed by atoms with Crippen LogP contribution in [0.25, 0.3) is 0 Å². The molecule has 1 atom stereocenters. The summed E-state index contributed by atoms with van der Waals surface area (Å²) in [5, 5.41) is 4.19. The molecule has 3 rings (SSSR count). The average Bonchev–Trinajstić information content (AvgIpc) is 3.07. The summed E-state index contributed by atoms with van der Waals surface area (Å²) in [5.74, 6) is 6.73. The molecule has 3 N–H and O–H groups in total. The van der Waals surface area contributed by atoms with E-state index in [2.05, 4.69) is 22.7 Å². The summed E-state index contributed by atoms with van der Waals surface area (Å²) in [6, 6.07) is 6.50. The SMILES string of the molecule is Cn1cc(CCC(NN)c2ccc3c(c2)CCO3)cn1. The van der Waals surface area contributed by atoms with E-state index in [1.54, 1.807) is 0 Å². The molecule has 1 aliphatic heterocycles. The van der Waals surface area contributed by atoms with Crippen LogP contribution in [0.2, 0.25) is 0 Å². The molecule has 0 bridgehead atoms. The van der Waals surface area contributed by atoms with Gasteiger partial charge in [0.25, 0.3) is 0 Å². The first-order valence-electron chi connectivity index (χ1n) is 6.95. The van der Waals surface area contributed by atoms with E-state index in [0.29, 0.717) is 0 Å². The van der Waals surface area contributed by atoms with Gasteiger partial charge < -0.3 is 4.74 Å². The Morgan fingerprint density at radius 1 is 1.50 bits per heavy atom. The van der Waals surface area contributed by atoms with Crippen LogP contribution < -0.4 is 16.0 Å².